The molecular weight excluding hydrogens is 397 g/mol. The van der Waals surface area contributed by atoms with Crippen LogP contribution in [0.5, 0.6) is 17.4 Å². The lowest BCUT2D eigenvalue weighted by Gasteiger charge is -2.13. The van der Waals surface area contributed by atoms with Crippen molar-refractivity contribution in [3.8, 4) is 17.4 Å². The van der Waals surface area contributed by atoms with Crippen LogP contribution in [-0.2, 0) is 0 Å². The zero-order valence-corrected chi connectivity index (χ0v) is 15.2. The van der Waals surface area contributed by atoms with Gasteiger partial charge in [0.1, 0.15) is 23.5 Å². The second-order valence-electron chi connectivity index (χ2n) is 5.65. The molecule has 0 atom stereocenters. The Labute approximate surface area is 163 Å². The molecule has 0 aliphatic heterocycles. The van der Waals surface area contributed by atoms with Crippen LogP contribution in [0.15, 0.2) is 48.8 Å². The Bertz CT molecular complexity index is 982. The van der Waals surface area contributed by atoms with E-state index in [1.165, 1.54) is 30.6 Å². The van der Waals surface area contributed by atoms with Gasteiger partial charge in [0.05, 0.1) is 0 Å². The van der Waals surface area contributed by atoms with E-state index in [9.17, 15) is 13.2 Å². The Kier molecular flexibility index (Phi) is 5.46. The van der Waals surface area contributed by atoms with E-state index in [4.69, 9.17) is 22.1 Å². The smallest absolute Gasteiger partial charge is 0.437 e. The third-order valence-electron chi connectivity index (χ3n) is 3.54. The van der Waals surface area contributed by atoms with Crippen LogP contribution in [0.1, 0.15) is 5.56 Å². The van der Waals surface area contributed by atoms with Crippen LogP contribution in [0, 0.1) is 6.92 Å². The first-order valence-corrected chi connectivity index (χ1v) is 8.26. The van der Waals surface area contributed by atoms with Gasteiger partial charge >= 0.3 is 6.36 Å². The number of nitrogens with zero attached hydrogens (tertiary/aromatic N) is 2. The Morgan fingerprint density at radius 3 is 2.36 bits per heavy atom. The lowest BCUT2D eigenvalue weighted by molar-refractivity contribution is -0.274. The van der Waals surface area contributed by atoms with E-state index in [2.05, 4.69) is 20.0 Å². The number of anilines is 3. The number of nitrogens with two attached hydrogens (primary N) is 1. The predicted octanol–water partition coefficient (Wildman–Crippen LogP) is 5.46. The summed E-state index contributed by atoms with van der Waals surface area (Å²) in [6, 6.07) is 10.2. The molecule has 0 unspecified atom stereocenters. The fourth-order valence-electron chi connectivity index (χ4n) is 2.23. The summed E-state index contributed by atoms with van der Waals surface area (Å²) in [4.78, 5) is 8.04. The van der Waals surface area contributed by atoms with Crippen LogP contribution in [-0.4, -0.2) is 16.3 Å². The number of nitrogen functional groups attached to an aromatic ring is 1. The molecule has 0 fully saturated rings. The van der Waals surface area contributed by atoms with Crippen molar-refractivity contribution in [1.82, 2.24) is 9.97 Å². The highest BCUT2D eigenvalue weighted by Gasteiger charge is 2.30. The molecule has 3 rings (SSSR count). The molecule has 3 N–H and O–H groups in total. The number of aromatic nitrogens is 2. The Morgan fingerprint density at radius 1 is 1.04 bits per heavy atom. The Hall–Kier alpha value is -3.20. The van der Waals surface area contributed by atoms with Gasteiger partial charge < -0.3 is 20.5 Å². The third kappa shape index (κ3) is 4.95. The molecule has 0 spiro atoms. The van der Waals surface area contributed by atoms with Crippen LogP contribution in [0.4, 0.5) is 30.4 Å². The zero-order valence-electron chi connectivity index (χ0n) is 14.4. The van der Waals surface area contributed by atoms with Crippen molar-refractivity contribution in [2.45, 2.75) is 13.3 Å². The highest BCUT2D eigenvalue weighted by Crippen LogP contribution is 2.32. The fourth-order valence-corrected chi connectivity index (χ4v) is 2.35. The molecule has 3 aromatic rings. The first-order chi connectivity index (χ1) is 13.2. The number of halogens is 4. The maximum atomic E-state index is 12.2. The minimum Gasteiger partial charge on any atom is -0.437 e. The number of nitrogens with one attached hydrogen (secondary N) is 1. The van der Waals surface area contributed by atoms with Gasteiger partial charge in [-0.1, -0.05) is 11.6 Å². The van der Waals surface area contributed by atoms with Gasteiger partial charge in [0.2, 0.25) is 5.88 Å². The van der Waals surface area contributed by atoms with E-state index in [0.29, 0.717) is 16.5 Å². The average Bonchev–Trinajstić information content (AvgIpc) is 2.62. The maximum absolute atomic E-state index is 12.2. The zero-order chi connectivity index (χ0) is 20.3. The topological polar surface area (TPSA) is 82.3 Å². The Morgan fingerprint density at radius 2 is 1.71 bits per heavy atom. The monoisotopic (exact) mass is 410 g/mol. The molecule has 10 heteroatoms. The molecule has 0 saturated carbocycles. The van der Waals surface area contributed by atoms with Crippen molar-refractivity contribution in [2.75, 3.05) is 11.1 Å². The van der Waals surface area contributed by atoms with Crippen LogP contribution >= 0.6 is 11.6 Å². The number of aryl methyl sites for hydroxylation is 1. The standard InChI is InChI=1S/C18H14ClF3N4O2/c1-10-8-13(6-7-14(10)19)27-17-15(23)16(24-9-25-17)26-11-2-4-12(5-3-11)28-18(20,21)22/h2-9H,23H2,1H3,(H,24,25,26). The summed E-state index contributed by atoms with van der Waals surface area (Å²) in [5.74, 6) is 0.513. The number of alkyl halides is 3. The van der Waals surface area contributed by atoms with Crippen LogP contribution in [0.3, 0.4) is 0 Å². The van der Waals surface area contributed by atoms with E-state index < -0.39 is 6.36 Å². The van der Waals surface area contributed by atoms with Crippen molar-refractivity contribution < 1.29 is 22.6 Å². The highest BCUT2D eigenvalue weighted by molar-refractivity contribution is 6.31. The molecule has 0 aliphatic rings. The van der Waals surface area contributed by atoms with Crippen molar-refractivity contribution in [2.24, 2.45) is 0 Å². The third-order valence-corrected chi connectivity index (χ3v) is 3.97. The lowest BCUT2D eigenvalue weighted by Crippen LogP contribution is -2.17. The van der Waals surface area contributed by atoms with Crippen molar-refractivity contribution in [1.29, 1.82) is 0 Å². The van der Waals surface area contributed by atoms with Crippen LogP contribution in [0.2, 0.25) is 5.02 Å². The lowest BCUT2D eigenvalue weighted by atomic mass is 10.2. The van der Waals surface area contributed by atoms with Gasteiger partial charge in [-0.15, -0.1) is 13.2 Å². The molecule has 6 nitrogen and oxygen atoms in total. The molecule has 0 aliphatic carbocycles. The summed E-state index contributed by atoms with van der Waals surface area (Å²) in [7, 11) is 0. The molecular formula is C18H14ClF3N4O2. The van der Waals surface area contributed by atoms with Gasteiger partial charge in [0.15, 0.2) is 5.82 Å². The summed E-state index contributed by atoms with van der Waals surface area (Å²) < 4.78 is 46.2. The summed E-state index contributed by atoms with van der Waals surface area (Å²) >= 11 is 5.99. The second kappa shape index (κ2) is 7.81. The molecule has 146 valence electrons. The summed E-state index contributed by atoms with van der Waals surface area (Å²) in [5, 5.41) is 3.50. The molecule has 0 radical (unpaired) electrons. The molecule has 1 aromatic heterocycles. The molecule has 2 aromatic carbocycles. The maximum Gasteiger partial charge on any atom is 0.573 e. The molecule has 1 heterocycles. The van der Waals surface area contributed by atoms with Gasteiger partial charge in [-0.3, -0.25) is 0 Å². The van der Waals surface area contributed by atoms with E-state index in [1.807, 2.05) is 6.92 Å². The number of ether oxygens (including phenoxy) is 2. The predicted molar refractivity (Wildman–Crippen MR) is 99.1 cm³/mol. The normalized spacial score (nSPS) is 11.2. The molecule has 0 saturated heterocycles. The SMILES string of the molecule is Cc1cc(Oc2ncnc(Nc3ccc(OC(F)(F)F)cc3)c2N)ccc1Cl. The van der Waals surface area contributed by atoms with E-state index >= 15 is 0 Å². The largest absolute Gasteiger partial charge is 0.573 e. The van der Waals surface area contributed by atoms with E-state index in [-0.39, 0.29) is 23.1 Å². The van der Waals surface area contributed by atoms with Gasteiger partial charge in [-0.2, -0.15) is 4.98 Å². The average molecular weight is 411 g/mol. The number of hydrogen-bond acceptors (Lipinski definition) is 6. The van der Waals surface area contributed by atoms with Crippen LogP contribution in [0.25, 0.3) is 0 Å². The number of benzene rings is 2. The summed E-state index contributed by atoms with van der Waals surface area (Å²) in [5.41, 5.74) is 7.46. The van der Waals surface area contributed by atoms with Gasteiger partial charge in [-0.25, -0.2) is 4.98 Å². The minimum absolute atomic E-state index is 0.122. The van der Waals surface area contributed by atoms with Crippen molar-refractivity contribution in [3.63, 3.8) is 0 Å². The van der Waals surface area contributed by atoms with E-state index in [0.717, 1.165) is 5.56 Å². The second-order valence-corrected chi connectivity index (χ2v) is 6.06. The first kappa shape index (κ1) is 19.6. The Balaban J connectivity index is 1.76. The van der Waals surface area contributed by atoms with Crippen LogP contribution < -0.4 is 20.5 Å². The van der Waals surface area contributed by atoms with Gasteiger partial charge in [0, 0.05) is 10.7 Å². The molecule has 0 bridgehead atoms. The highest BCUT2D eigenvalue weighted by atomic mass is 35.5. The summed E-state index contributed by atoms with van der Waals surface area (Å²) in [6.45, 7) is 1.83. The number of rotatable bonds is 5. The minimum atomic E-state index is -4.75. The number of hydrogen-bond donors (Lipinski definition) is 2. The van der Waals surface area contributed by atoms with E-state index in [1.54, 1.807) is 18.2 Å². The quantitative estimate of drug-likeness (QED) is 0.581. The summed E-state index contributed by atoms with van der Waals surface area (Å²) in [6.07, 6.45) is -3.50. The first-order valence-electron chi connectivity index (χ1n) is 7.88. The van der Waals surface area contributed by atoms with Gasteiger partial charge in [-0.05, 0) is 55.0 Å². The molecule has 28 heavy (non-hydrogen) atoms. The van der Waals surface area contributed by atoms with Crippen molar-refractivity contribution in [3.05, 3.63) is 59.4 Å². The fraction of sp³-hybridized carbons (Fsp3) is 0.111. The van der Waals surface area contributed by atoms with Gasteiger partial charge in [0.25, 0.3) is 0 Å². The molecule has 0 amide bonds. The van der Waals surface area contributed by atoms with Crippen molar-refractivity contribution >= 4 is 28.8 Å².